The molecule has 0 amide bonds. The van der Waals surface area contributed by atoms with Crippen LogP contribution in [0, 0.1) is 5.92 Å². The van der Waals surface area contributed by atoms with E-state index in [9.17, 15) is 5.11 Å². The predicted octanol–water partition coefficient (Wildman–Crippen LogP) is 2.67. The highest BCUT2D eigenvalue weighted by Crippen LogP contribution is 2.19. The topological polar surface area (TPSA) is 66.3 Å². The Kier molecular flexibility index (Phi) is 10.9. The molecule has 2 atom stereocenters. The molecule has 6 nitrogen and oxygen atoms in total. The molecule has 1 aromatic rings. The monoisotopic (exact) mass is 477 g/mol. The second-order valence-corrected chi connectivity index (χ2v) is 6.24. The molecule has 7 heteroatoms. The summed E-state index contributed by atoms with van der Waals surface area (Å²) in [5, 5.41) is 13.7. The molecule has 2 rings (SSSR count). The molecule has 1 heterocycles. The molecule has 2 unspecified atom stereocenters. The van der Waals surface area contributed by atoms with Gasteiger partial charge in [-0.1, -0.05) is 12.1 Å². The molecule has 0 spiro atoms. The minimum Gasteiger partial charge on any atom is -0.497 e. The maximum absolute atomic E-state index is 10.4. The molecule has 0 bridgehead atoms. The summed E-state index contributed by atoms with van der Waals surface area (Å²) in [4.78, 5) is 6.90. The van der Waals surface area contributed by atoms with Crippen molar-refractivity contribution in [1.82, 2.24) is 10.2 Å². The van der Waals surface area contributed by atoms with Crippen LogP contribution in [0.4, 0.5) is 0 Å². The molecule has 2 N–H and O–H groups in total. The van der Waals surface area contributed by atoms with Crippen molar-refractivity contribution in [3.8, 4) is 5.75 Å². The van der Waals surface area contributed by atoms with E-state index in [0.29, 0.717) is 12.5 Å². The third kappa shape index (κ3) is 6.92. The van der Waals surface area contributed by atoms with Gasteiger partial charge in [-0.25, -0.2) is 0 Å². The van der Waals surface area contributed by atoms with Crippen molar-refractivity contribution in [2.45, 2.75) is 26.4 Å². The Morgan fingerprint density at radius 2 is 2.08 bits per heavy atom. The van der Waals surface area contributed by atoms with E-state index in [4.69, 9.17) is 9.47 Å². The number of aliphatic hydroxyl groups excluding tert-OH is 1. The number of nitrogens with one attached hydrogen (secondary N) is 1. The first-order valence-electron chi connectivity index (χ1n) is 9.10. The van der Waals surface area contributed by atoms with Gasteiger partial charge in [-0.3, -0.25) is 4.99 Å². The molecule has 0 saturated carbocycles. The fraction of sp³-hybridized carbons (Fsp3) is 0.632. The first kappa shape index (κ1) is 23.0. The van der Waals surface area contributed by atoms with Crippen LogP contribution in [0.25, 0.3) is 0 Å². The standard InChI is InChI=1S/C19H31N3O3.HI/c1-4-20-19(22-11-10-15(13-22)14-25-5-2)21-12-18(23)16-6-8-17(24-3)9-7-16;/h6-9,15,18,23H,4-5,10-14H2,1-3H3,(H,20,21);1H. The molecule has 0 aromatic heterocycles. The number of ether oxygens (including phenoxy) is 2. The number of hydrogen-bond acceptors (Lipinski definition) is 4. The van der Waals surface area contributed by atoms with Gasteiger partial charge in [0, 0.05) is 32.2 Å². The summed E-state index contributed by atoms with van der Waals surface area (Å²) < 4.78 is 10.7. The Morgan fingerprint density at radius 1 is 1.35 bits per heavy atom. The molecule has 0 radical (unpaired) electrons. The van der Waals surface area contributed by atoms with Crippen LogP contribution in [0.1, 0.15) is 31.9 Å². The minimum absolute atomic E-state index is 0. The van der Waals surface area contributed by atoms with Gasteiger partial charge in [0.05, 0.1) is 26.4 Å². The highest BCUT2D eigenvalue weighted by atomic mass is 127. The molecular weight excluding hydrogens is 445 g/mol. The zero-order valence-electron chi connectivity index (χ0n) is 16.0. The van der Waals surface area contributed by atoms with Crippen molar-refractivity contribution >= 4 is 29.9 Å². The van der Waals surface area contributed by atoms with Crippen LogP contribution in [0.3, 0.4) is 0 Å². The normalized spacial score (nSPS) is 18.4. The fourth-order valence-electron chi connectivity index (χ4n) is 2.98. The molecule has 1 aromatic carbocycles. The lowest BCUT2D eigenvalue weighted by Gasteiger charge is -2.22. The predicted molar refractivity (Wildman–Crippen MR) is 116 cm³/mol. The van der Waals surface area contributed by atoms with E-state index in [1.165, 1.54) is 0 Å². The molecule has 26 heavy (non-hydrogen) atoms. The first-order chi connectivity index (χ1) is 12.2. The maximum Gasteiger partial charge on any atom is 0.194 e. The summed E-state index contributed by atoms with van der Waals surface area (Å²) in [6.45, 7) is 8.72. The van der Waals surface area contributed by atoms with Gasteiger partial charge in [-0.05, 0) is 38.0 Å². The summed E-state index contributed by atoms with van der Waals surface area (Å²) in [6, 6.07) is 7.46. The van der Waals surface area contributed by atoms with Gasteiger partial charge < -0.3 is 24.8 Å². The summed E-state index contributed by atoms with van der Waals surface area (Å²) in [5.41, 5.74) is 0.844. The molecule has 148 valence electrons. The van der Waals surface area contributed by atoms with E-state index < -0.39 is 6.10 Å². The van der Waals surface area contributed by atoms with Crippen molar-refractivity contribution in [3.63, 3.8) is 0 Å². The number of nitrogens with zero attached hydrogens (tertiary/aromatic N) is 2. The van der Waals surface area contributed by atoms with E-state index >= 15 is 0 Å². The molecule has 0 aliphatic carbocycles. The van der Waals surface area contributed by atoms with Crippen molar-refractivity contribution < 1.29 is 14.6 Å². The number of guanidine groups is 1. The highest BCUT2D eigenvalue weighted by molar-refractivity contribution is 14.0. The van der Waals surface area contributed by atoms with E-state index in [2.05, 4.69) is 22.1 Å². The molecule has 1 aliphatic rings. The Balaban J connectivity index is 0.00000338. The number of likely N-dealkylation sites (tertiary alicyclic amines) is 1. The average molecular weight is 477 g/mol. The highest BCUT2D eigenvalue weighted by Gasteiger charge is 2.25. The summed E-state index contributed by atoms with van der Waals surface area (Å²) in [5.74, 6) is 2.20. The molecular formula is C19H32IN3O3. The molecule has 1 aliphatic heterocycles. The minimum atomic E-state index is -0.624. The summed E-state index contributed by atoms with van der Waals surface area (Å²) in [6.07, 6.45) is 0.493. The van der Waals surface area contributed by atoms with Gasteiger partial charge in [0.15, 0.2) is 5.96 Å². The smallest absolute Gasteiger partial charge is 0.194 e. The van der Waals surface area contributed by atoms with Crippen LogP contribution in [0.2, 0.25) is 0 Å². The van der Waals surface area contributed by atoms with Gasteiger partial charge in [0.2, 0.25) is 0 Å². The second kappa shape index (κ2) is 12.3. The van der Waals surface area contributed by atoms with Crippen molar-refractivity contribution in [2.24, 2.45) is 10.9 Å². The summed E-state index contributed by atoms with van der Waals surface area (Å²) >= 11 is 0. The van der Waals surface area contributed by atoms with Crippen LogP contribution in [0.15, 0.2) is 29.3 Å². The zero-order valence-corrected chi connectivity index (χ0v) is 18.3. The Morgan fingerprint density at radius 3 is 2.69 bits per heavy atom. The number of hydrogen-bond donors (Lipinski definition) is 2. The lowest BCUT2D eigenvalue weighted by Crippen LogP contribution is -2.40. The Labute approximate surface area is 174 Å². The largest absolute Gasteiger partial charge is 0.497 e. The summed E-state index contributed by atoms with van der Waals surface area (Å²) in [7, 11) is 1.63. The third-order valence-electron chi connectivity index (χ3n) is 4.39. The van der Waals surface area contributed by atoms with E-state index in [0.717, 1.165) is 56.5 Å². The number of rotatable bonds is 8. The SMILES string of the molecule is CCNC(=NCC(O)c1ccc(OC)cc1)N1CCC(COCC)C1.I. The van der Waals surface area contributed by atoms with E-state index in [1.54, 1.807) is 7.11 Å². The lowest BCUT2D eigenvalue weighted by atomic mass is 10.1. The number of halogens is 1. The number of benzene rings is 1. The van der Waals surface area contributed by atoms with Crippen molar-refractivity contribution in [1.29, 1.82) is 0 Å². The quantitative estimate of drug-likeness (QED) is 0.343. The van der Waals surface area contributed by atoms with Crippen LogP contribution < -0.4 is 10.1 Å². The maximum atomic E-state index is 10.4. The van der Waals surface area contributed by atoms with Gasteiger partial charge in [-0.15, -0.1) is 24.0 Å². The van der Waals surface area contributed by atoms with Crippen LogP contribution in [-0.4, -0.2) is 62.5 Å². The number of aliphatic imine (C=N–C) groups is 1. The molecule has 1 saturated heterocycles. The van der Waals surface area contributed by atoms with Crippen molar-refractivity contribution in [3.05, 3.63) is 29.8 Å². The average Bonchev–Trinajstić information content (AvgIpc) is 3.12. The van der Waals surface area contributed by atoms with E-state index in [-0.39, 0.29) is 24.0 Å². The van der Waals surface area contributed by atoms with Gasteiger partial charge >= 0.3 is 0 Å². The first-order valence-corrected chi connectivity index (χ1v) is 9.10. The van der Waals surface area contributed by atoms with Crippen LogP contribution >= 0.6 is 24.0 Å². The Hall–Kier alpha value is -1.06. The second-order valence-electron chi connectivity index (χ2n) is 6.24. The number of aliphatic hydroxyl groups is 1. The van der Waals surface area contributed by atoms with Crippen LogP contribution in [0.5, 0.6) is 5.75 Å². The van der Waals surface area contributed by atoms with Gasteiger partial charge in [0.25, 0.3) is 0 Å². The molecule has 1 fully saturated rings. The Bertz CT molecular complexity index is 539. The van der Waals surface area contributed by atoms with Crippen LogP contribution in [-0.2, 0) is 4.74 Å². The van der Waals surface area contributed by atoms with Gasteiger partial charge in [0.1, 0.15) is 5.75 Å². The van der Waals surface area contributed by atoms with E-state index in [1.807, 2.05) is 31.2 Å². The van der Waals surface area contributed by atoms with Gasteiger partial charge in [-0.2, -0.15) is 0 Å². The van der Waals surface area contributed by atoms with Crippen molar-refractivity contribution in [2.75, 3.05) is 46.5 Å². The zero-order chi connectivity index (χ0) is 18.1. The number of methoxy groups -OCH3 is 1. The fourth-order valence-corrected chi connectivity index (χ4v) is 2.98. The lowest BCUT2D eigenvalue weighted by molar-refractivity contribution is 0.114. The third-order valence-corrected chi connectivity index (χ3v) is 4.39.